The summed E-state index contributed by atoms with van der Waals surface area (Å²) in [5.41, 5.74) is 1.54. The summed E-state index contributed by atoms with van der Waals surface area (Å²) < 4.78 is 23.8. The number of nitrogens with zero attached hydrogens (tertiary/aromatic N) is 2. The Balaban J connectivity index is 1.85. The quantitative estimate of drug-likeness (QED) is 0.720. The third-order valence-corrected chi connectivity index (χ3v) is 6.97. The van der Waals surface area contributed by atoms with Gasteiger partial charge in [0.25, 0.3) is 0 Å². The van der Waals surface area contributed by atoms with Gasteiger partial charge in [-0.05, 0) is 49.3 Å². The number of rotatable bonds is 6. The molecule has 1 unspecified atom stereocenters. The number of carbonyl (C=O) groups is 2. The number of nitrogens with one attached hydrogen (secondary N) is 1. The monoisotopic (exact) mass is 449 g/mol. The molecule has 0 aliphatic heterocycles. The van der Waals surface area contributed by atoms with Crippen LogP contribution in [0.5, 0.6) is 0 Å². The minimum absolute atomic E-state index is 0.0601. The summed E-state index contributed by atoms with van der Waals surface area (Å²) in [5.74, 6) is 0.308. The van der Waals surface area contributed by atoms with Crippen LogP contribution in [0.25, 0.3) is 0 Å². The summed E-state index contributed by atoms with van der Waals surface area (Å²) in [6.45, 7) is 1.81. The van der Waals surface area contributed by atoms with Gasteiger partial charge in [-0.25, -0.2) is 13.4 Å². The predicted octanol–water partition coefficient (Wildman–Crippen LogP) is 3.71. The van der Waals surface area contributed by atoms with E-state index in [1.165, 1.54) is 12.3 Å². The molecule has 1 fully saturated rings. The molecule has 7 nitrogen and oxygen atoms in total. The highest BCUT2D eigenvalue weighted by Gasteiger charge is 2.30. The number of carbonyl (C=O) groups excluding carboxylic acids is 2. The van der Waals surface area contributed by atoms with Crippen molar-refractivity contribution in [3.8, 4) is 0 Å². The number of Topliss-reactive ketones (excluding diaryl/α,β-unsaturated/α-hetero) is 1. The van der Waals surface area contributed by atoms with E-state index in [9.17, 15) is 18.0 Å². The first kappa shape index (κ1) is 22.4. The smallest absolute Gasteiger partial charge is 0.226 e. The largest absolute Gasteiger partial charge is 0.309 e. The summed E-state index contributed by atoms with van der Waals surface area (Å²) in [4.78, 5) is 32.7. The molecule has 1 N–H and O–H groups in total. The second-order valence-electron chi connectivity index (χ2n) is 7.74. The Morgan fingerprint density at radius 1 is 1.23 bits per heavy atom. The summed E-state index contributed by atoms with van der Waals surface area (Å²) >= 11 is 6.25. The number of aryl methyl sites for hydroxylation is 1. The molecule has 160 valence electrons. The van der Waals surface area contributed by atoms with Crippen molar-refractivity contribution in [1.29, 1.82) is 0 Å². The van der Waals surface area contributed by atoms with Crippen molar-refractivity contribution in [2.75, 3.05) is 11.6 Å². The molecule has 1 amide bonds. The fourth-order valence-corrected chi connectivity index (χ4v) is 5.16. The first-order valence-electron chi connectivity index (χ1n) is 9.73. The molecule has 1 aromatic carbocycles. The third-order valence-electron chi connectivity index (χ3n) is 5.39. The Kier molecular flexibility index (Phi) is 6.88. The van der Waals surface area contributed by atoms with Crippen molar-refractivity contribution in [1.82, 2.24) is 9.97 Å². The Labute approximate surface area is 181 Å². The van der Waals surface area contributed by atoms with E-state index in [0.29, 0.717) is 31.5 Å². The molecular weight excluding hydrogens is 426 g/mol. The van der Waals surface area contributed by atoms with Gasteiger partial charge in [0, 0.05) is 25.5 Å². The Morgan fingerprint density at radius 3 is 2.50 bits per heavy atom. The first-order valence-corrected chi connectivity index (χ1v) is 12.0. The number of hydrogen-bond acceptors (Lipinski definition) is 6. The van der Waals surface area contributed by atoms with Crippen LogP contribution in [-0.2, 0) is 19.4 Å². The van der Waals surface area contributed by atoms with Gasteiger partial charge in [0.05, 0.1) is 28.0 Å². The van der Waals surface area contributed by atoms with Crippen LogP contribution in [-0.4, -0.2) is 36.3 Å². The lowest BCUT2D eigenvalue weighted by Crippen LogP contribution is -2.25. The highest BCUT2D eigenvalue weighted by Crippen LogP contribution is 2.39. The number of halogens is 1. The Bertz CT molecular complexity index is 1040. The molecule has 1 atom stereocenters. The summed E-state index contributed by atoms with van der Waals surface area (Å²) in [6.07, 6.45) is 6.70. The lowest BCUT2D eigenvalue weighted by atomic mass is 9.75. The Hall–Kier alpha value is -2.32. The van der Waals surface area contributed by atoms with Crippen molar-refractivity contribution in [2.45, 2.75) is 49.8 Å². The zero-order valence-corrected chi connectivity index (χ0v) is 18.5. The van der Waals surface area contributed by atoms with Crippen LogP contribution < -0.4 is 5.32 Å². The molecule has 9 heteroatoms. The van der Waals surface area contributed by atoms with Crippen LogP contribution in [0.3, 0.4) is 0 Å². The van der Waals surface area contributed by atoms with Crippen LogP contribution in [0.15, 0.2) is 35.5 Å². The third kappa shape index (κ3) is 5.64. The van der Waals surface area contributed by atoms with E-state index in [1.54, 1.807) is 18.3 Å². The number of sulfone groups is 1. The van der Waals surface area contributed by atoms with Crippen LogP contribution >= 0.6 is 11.6 Å². The molecule has 1 saturated carbocycles. The van der Waals surface area contributed by atoms with E-state index in [-0.39, 0.29) is 39.9 Å². The van der Waals surface area contributed by atoms with Gasteiger partial charge >= 0.3 is 0 Å². The normalized spacial score (nSPS) is 16.3. The first-order chi connectivity index (χ1) is 14.1. The van der Waals surface area contributed by atoms with Crippen molar-refractivity contribution in [2.24, 2.45) is 5.92 Å². The molecule has 1 aliphatic carbocycles. The lowest BCUT2D eigenvalue weighted by Gasteiger charge is -2.30. The minimum Gasteiger partial charge on any atom is -0.309 e. The zero-order chi connectivity index (χ0) is 21.9. The van der Waals surface area contributed by atoms with E-state index in [4.69, 9.17) is 11.6 Å². The second kappa shape index (κ2) is 9.22. The highest BCUT2D eigenvalue weighted by atomic mass is 35.5. The molecule has 1 aliphatic rings. The van der Waals surface area contributed by atoms with Gasteiger partial charge in [0.15, 0.2) is 15.7 Å². The number of aromatic nitrogens is 2. The number of anilines is 1. The number of amides is 1. The standard InChI is InChI=1S/C21H24ClN3O4S/c1-13-11-24-20(12-23-13)25-21(27)10-17(14-3-6-16(26)7-4-14)15-5-8-19(18(22)9-15)30(2,28)29/h5,8-9,11-12,14,17H,3-4,6-7,10H2,1-2H3,(H,24,25,27). The van der Waals surface area contributed by atoms with Crippen LogP contribution in [0.4, 0.5) is 5.82 Å². The van der Waals surface area contributed by atoms with Gasteiger partial charge < -0.3 is 5.32 Å². The van der Waals surface area contributed by atoms with Gasteiger partial charge in [-0.15, -0.1) is 0 Å². The predicted molar refractivity (Wildman–Crippen MR) is 114 cm³/mol. The summed E-state index contributed by atoms with van der Waals surface area (Å²) in [5, 5.41) is 2.89. The van der Waals surface area contributed by atoms with E-state index in [1.807, 2.05) is 6.92 Å². The van der Waals surface area contributed by atoms with Crippen LogP contribution in [0.1, 0.15) is 49.3 Å². The molecule has 30 heavy (non-hydrogen) atoms. The van der Waals surface area contributed by atoms with Gasteiger partial charge in [-0.3, -0.25) is 14.6 Å². The van der Waals surface area contributed by atoms with Gasteiger partial charge in [-0.2, -0.15) is 0 Å². The molecule has 0 saturated heterocycles. The van der Waals surface area contributed by atoms with Crippen molar-refractivity contribution < 1.29 is 18.0 Å². The van der Waals surface area contributed by atoms with E-state index >= 15 is 0 Å². The lowest BCUT2D eigenvalue weighted by molar-refractivity contribution is -0.121. The fourth-order valence-electron chi connectivity index (χ4n) is 3.82. The molecular formula is C21H24ClN3O4S. The zero-order valence-electron chi connectivity index (χ0n) is 16.9. The summed E-state index contributed by atoms with van der Waals surface area (Å²) in [6, 6.07) is 4.82. The van der Waals surface area contributed by atoms with Crippen molar-refractivity contribution in [3.63, 3.8) is 0 Å². The van der Waals surface area contributed by atoms with Crippen molar-refractivity contribution in [3.05, 3.63) is 46.9 Å². The maximum absolute atomic E-state index is 12.7. The van der Waals surface area contributed by atoms with Crippen LogP contribution in [0, 0.1) is 12.8 Å². The maximum Gasteiger partial charge on any atom is 0.226 e. The molecule has 0 radical (unpaired) electrons. The van der Waals surface area contributed by atoms with E-state index in [0.717, 1.165) is 17.5 Å². The molecule has 0 spiro atoms. The van der Waals surface area contributed by atoms with Gasteiger partial charge in [0.1, 0.15) is 5.78 Å². The average molecular weight is 450 g/mol. The minimum atomic E-state index is -3.45. The fraction of sp³-hybridized carbons (Fsp3) is 0.429. The molecule has 1 heterocycles. The van der Waals surface area contributed by atoms with E-state index in [2.05, 4.69) is 15.3 Å². The summed E-state index contributed by atoms with van der Waals surface area (Å²) in [7, 11) is -3.45. The van der Waals surface area contributed by atoms with E-state index < -0.39 is 9.84 Å². The molecule has 2 aromatic rings. The second-order valence-corrected chi connectivity index (χ2v) is 10.1. The van der Waals surface area contributed by atoms with Crippen molar-refractivity contribution >= 4 is 38.9 Å². The highest BCUT2D eigenvalue weighted by molar-refractivity contribution is 7.90. The number of hydrogen-bond donors (Lipinski definition) is 1. The Morgan fingerprint density at radius 2 is 1.93 bits per heavy atom. The van der Waals surface area contributed by atoms with Gasteiger partial charge in [-0.1, -0.05) is 17.7 Å². The SMILES string of the molecule is Cc1cnc(NC(=O)CC(c2ccc(S(C)(=O)=O)c(Cl)c2)C2CCC(=O)CC2)cn1. The maximum atomic E-state index is 12.7. The molecule has 3 rings (SSSR count). The number of ketones is 1. The molecule has 0 bridgehead atoms. The van der Waals surface area contributed by atoms with Crippen LogP contribution in [0.2, 0.25) is 5.02 Å². The average Bonchev–Trinajstić information content (AvgIpc) is 2.68. The topological polar surface area (TPSA) is 106 Å². The molecule has 1 aromatic heterocycles. The van der Waals surface area contributed by atoms with Gasteiger partial charge in [0.2, 0.25) is 5.91 Å². The number of benzene rings is 1.